The van der Waals surface area contributed by atoms with Gasteiger partial charge in [-0.2, -0.15) is 4.98 Å². The lowest BCUT2D eigenvalue weighted by Crippen LogP contribution is -2.17. The van der Waals surface area contributed by atoms with Gasteiger partial charge in [0.2, 0.25) is 5.88 Å². The summed E-state index contributed by atoms with van der Waals surface area (Å²) < 4.78 is 7.68. The van der Waals surface area contributed by atoms with Gasteiger partial charge in [-0.25, -0.2) is 4.98 Å². The second-order valence-electron chi connectivity index (χ2n) is 7.50. The van der Waals surface area contributed by atoms with E-state index < -0.39 is 0 Å². The minimum absolute atomic E-state index is 0.0957. The largest absolute Gasteiger partial charge is 0.477 e. The Morgan fingerprint density at radius 1 is 1.24 bits per heavy atom. The molecule has 6 nitrogen and oxygen atoms in total. The van der Waals surface area contributed by atoms with Gasteiger partial charge in [0, 0.05) is 48.7 Å². The molecule has 0 bridgehead atoms. The molecule has 1 fully saturated rings. The van der Waals surface area contributed by atoms with E-state index in [1.807, 2.05) is 26.1 Å². The number of hydrogen-bond donors (Lipinski definition) is 0. The molecule has 1 saturated carbocycles. The van der Waals surface area contributed by atoms with Gasteiger partial charge in [-0.3, -0.25) is 9.78 Å². The van der Waals surface area contributed by atoms with Gasteiger partial charge in [0.15, 0.2) is 0 Å². The van der Waals surface area contributed by atoms with Gasteiger partial charge in [0.25, 0.3) is 5.56 Å². The number of aromatic nitrogens is 4. The van der Waals surface area contributed by atoms with Crippen LogP contribution in [0.2, 0.25) is 0 Å². The molecule has 6 heteroatoms. The molecular formula is C23H24N4O2. The van der Waals surface area contributed by atoms with Crippen LogP contribution in [0, 0.1) is 19.8 Å². The highest BCUT2D eigenvalue weighted by molar-refractivity contribution is 5.67. The van der Waals surface area contributed by atoms with Gasteiger partial charge in [0.05, 0.1) is 12.2 Å². The first-order valence-corrected chi connectivity index (χ1v) is 9.76. The van der Waals surface area contributed by atoms with Crippen LogP contribution < -0.4 is 10.3 Å². The molecule has 4 rings (SSSR count). The zero-order chi connectivity index (χ0) is 20.4. The van der Waals surface area contributed by atoms with Gasteiger partial charge in [0.1, 0.15) is 5.82 Å². The Bertz CT molecular complexity index is 1090. The molecule has 1 unspecified atom stereocenters. The van der Waals surface area contributed by atoms with E-state index in [4.69, 9.17) is 4.74 Å². The van der Waals surface area contributed by atoms with E-state index in [1.54, 1.807) is 29.1 Å². The van der Waals surface area contributed by atoms with Crippen LogP contribution in [0.25, 0.3) is 11.1 Å². The summed E-state index contributed by atoms with van der Waals surface area (Å²) in [5.74, 6) is 2.01. The summed E-state index contributed by atoms with van der Waals surface area (Å²) in [5, 5.41) is 0. The molecule has 0 radical (unpaired) electrons. The molecule has 0 aliphatic heterocycles. The van der Waals surface area contributed by atoms with Crippen LogP contribution >= 0.6 is 0 Å². The molecule has 3 aromatic heterocycles. The van der Waals surface area contributed by atoms with Crippen molar-refractivity contribution in [2.24, 2.45) is 5.92 Å². The van der Waals surface area contributed by atoms with Crippen molar-refractivity contribution in [1.82, 2.24) is 19.5 Å². The van der Waals surface area contributed by atoms with Crippen molar-refractivity contribution in [2.75, 3.05) is 6.61 Å². The van der Waals surface area contributed by atoms with Crippen LogP contribution in [0.4, 0.5) is 0 Å². The zero-order valence-corrected chi connectivity index (χ0v) is 16.7. The van der Waals surface area contributed by atoms with Crippen molar-refractivity contribution in [1.29, 1.82) is 0 Å². The number of ether oxygens (including phenoxy) is 1. The van der Waals surface area contributed by atoms with E-state index in [2.05, 4.69) is 33.7 Å². The van der Waals surface area contributed by atoms with Crippen molar-refractivity contribution in [3.8, 4) is 17.0 Å². The van der Waals surface area contributed by atoms with Crippen LogP contribution in [0.3, 0.4) is 0 Å². The molecule has 1 aliphatic rings. The number of aryl methyl sites for hydroxylation is 2. The highest BCUT2D eigenvalue weighted by Gasteiger charge is 2.40. The first-order chi connectivity index (χ1) is 14.0. The summed E-state index contributed by atoms with van der Waals surface area (Å²) in [6.07, 6.45) is 8.14. The SMILES string of the molecule is C=CCn1ccc(-c2cnc(C)nc2OCC2C[C@H]2c2ccc(C)cn2)cc1=O. The molecule has 3 heterocycles. The molecule has 0 saturated heterocycles. The lowest BCUT2D eigenvalue weighted by atomic mass is 10.1. The first kappa shape index (κ1) is 19.1. The van der Waals surface area contributed by atoms with Gasteiger partial charge in [-0.15, -0.1) is 6.58 Å². The minimum Gasteiger partial charge on any atom is -0.477 e. The van der Waals surface area contributed by atoms with Gasteiger partial charge < -0.3 is 9.30 Å². The molecule has 3 aromatic rings. The van der Waals surface area contributed by atoms with E-state index in [1.165, 1.54) is 5.56 Å². The Balaban J connectivity index is 1.51. The molecule has 0 N–H and O–H groups in total. The lowest BCUT2D eigenvalue weighted by molar-refractivity contribution is 0.285. The van der Waals surface area contributed by atoms with Crippen LogP contribution in [0.1, 0.15) is 29.4 Å². The first-order valence-electron chi connectivity index (χ1n) is 9.76. The van der Waals surface area contributed by atoms with Crippen molar-refractivity contribution in [3.05, 3.63) is 82.9 Å². The highest BCUT2D eigenvalue weighted by Crippen LogP contribution is 2.47. The number of allylic oxidation sites excluding steroid dienone is 1. The number of rotatable bonds is 7. The molecule has 2 atom stereocenters. The standard InChI is InChI=1S/C23H24N4O2/c1-4-8-27-9-7-17(11-22(27)28)20-13-24-16(3)26-23(20)29-14-18-10-19(18)21-6-5-15(2)12-25-21/h4-7,9,11-13,18-19H,1,8,10,14H2,2-3H3/t18?,19-/m1/s1. The predicted octanol–water partition coefficient (Wildman–Crippen LogP) is 3.69. The predicted molar refractivity (Wildman–Crippen MR) is 112 cm³/mol. The van der Waals surface area contributed by atoms with Gasteiger partial charge >= 0.3 is 0 Å². The van der Waals surface area contributed by atoms with Crippen LogP contribution in [-0.4, -0.2) is 26.1 Å². The average Bonchev–Trinajstić information content (AvgIpc) is 3.48. The smallest absolute Gasteiger partial charge is 0.251 e. The second kappa shape index (κ2) is 7.99. The third-order valence-electron chi connectivity index (χ3n) is 5.18. The van der Waals surface area contributed by atoms with E-state index in [-0.39, 0.29) is 5.56 Å². The summed E-state index contributed by atoms with van der Waals surface area (Å²) in [6, 6.07) is 7.65. The lowest BCUT2D eigenvalue weighted by Gasteiger charge is -2.11. The number of hydrogen-bond acceptors (Lipinski definition) is 5. The summed E-state index contributed by atoms with van der Waals surface area (Å²) in [7, 11) is 0. The van der Waals surface area contributed by atoms with Crippen LogP contribution in [0.5, 0.6) is 5.88 Å². The quantitative estimate of drug-likeness (QED) is 0.578. The monoisotopic (exact) mass is 388 g/mol. The Labute approximate surface area is 169 Å². The van der Waals surface area contributed by atoms with E-state index >= 15 is 0 Å². The summed E-state index contributed by atoms with van der Waals surface area (Å²) in [6.45, 7) is 8.59. The molecule has 0 aromatic carbocycles. The maximum Gasteiger partial charge on any atom is 0.251 e. The van der Waals surface area contributed by atoms with Crippen LogP contribution in [0.15, 0.2) is 60.3 Å². The minimum atomic E-state index is -0.0957. The second-order valence-corrected chi connectivity index (χ2v) is 7.50. The molecule has 0 spiro atoms. The zero-order valence-electron chi connectivity index (χ0n) is 16.7. The molecule has 1 aliphatic carbocycles. The normalized spacial score (nSPS) is 17.7. The van der Waals surface area contributed by atoms with E-state index in [0.717, 1.165) is 23.2 Å². The fourth-order valence-electron chi connectivity index (χ4n) is 3.40. The fourth-order valence-corrected chi connectivity index (χ4v) is 3.40. The Hall–Kier alpha value is -3.28. The number of pyridine rings is 2. The van der Waals surface area contributed by atoms with Crippen molar-refractivity contribution in [2.45, 2.75) is 32.7 Å². The maximum absolute atomic E-state index is 12.3. The summed E-state index contributed by atoms with van der Waals surface area (Å²) in [5.41, 5.74) is 3.66. The third kappa shape index (κ3) is 4.26. The topological polar surface area (TPSA) is 69.9 Å². The van der Waals surface area contributed by atoms with Gasteiger partial charge in [-0.1, -0.05) is 12.1 Å². The third-order valence-corrected chi connectivity index (χ3v) is 5.18. The summed E-state index contributed by atoms with van der Waals surface area (Å²) >= 11 is 0. The van der Waals surface area contributed by atoms with Crippen molar-refractivity contribution < 1.29 is 4.74 Å². The molecular weight excluding hydrogens is 364 g/mol. The van der Waals surface area contributed by atoms with Crippen LogP contribution in [-0.2, 0) is 6.54 Å². The highest BCUT2D eigenvalue weighted by atomic mass is 16.5. The average molecular weight is 388 g/mol. The van der Waals surface area contributed by atoms with Gasteiger partial charge in [-0.05, 0) is 43.5 Å². The molecule has 148 valence electrons. The molecule has 29 heavy (non-hydrogen) atoms. The van der Waals surface area contributed by atoms with E-state index in [9.17, 15) is 4.79 Å². The Morgan fingerprint density at radius 2 is 2.10 bits per heavy atom. The van der Waals surface area contributed by atoms with Crippen molar-refractivity contribution >= 4 is 0 Å². The summed E-state index contributed by atoms with van der Waals surface area (Å²) in [4.78, 5) is 25.6. The Kier molecular flexibility index (Phi) is 5.25. The Morgan fingerprint density at radius 3 is 2.83 bits per heavy atom. The maximum atomic E-state index is 12.3. The number of nitrogens with zero attached hydrogens (tertiary/aromatic N) is 4. The molecule has 0 amide bonds. The fraction of sp³-hybridized carbons (Fsp3) is 0.304. The van der Waals surface area contributed by atoms with Crippen molar-refractivity contribution in [3.63, 3.8) is 0 Å². The van der Waals surface area contributed by atoms with E-state index in [0.29, 0.717) is 36.7 Å².